The number of halogens is 3. The zero-order chi connectivity index (χ0) is 22.9. The van der Waals surface area contributed by atoms with E-state index in [0.717, 1.165) is 5.56 Å². The summed E-state index contributed by atoms with van der Waals surface area (Å²) in [6.07, 6.45) is 0.119. The van der Waals surface area contributed by atoms with E-state index in [4.69, 9.17) is 5.73 Å². The highest BCUT2D eigenvalue weighted by Crippen LogP contribution is 2.25. The fourth-order valence-corrected chi connectivity index (χ4v) is 3.35. The van der Waals surface area contributed by atoms with Gasteiger partial charge in [-0.3, -0.25) is 9.48 Å². The van der Waals surface area contributed by atoms with E-state index in [1.807, 2.05) is 35.6 Å². The first-order valence-corrected chi connectivity index (χ1v) is 9.85. The standard InChI is InChI=1S/C21H20F3N7O/c1-2-17(21(22,23)24)27-19(32)16-8-14(12-31-18(16)28-20(25)29-31)15-9-26-30(11-15)10-13-6-4-3-5-7-13/h3-9,11-12,17H,2,10H2,1H3,(H2,25,29)(H,27,32). The van der Waals surface area contributed by atoms with Crippen molar-refractivity contribution in [1.29, 1.82) is 0 Å². The molecule has 1 amide bonds. The summed E-state index contributed by atoms with van der Waals surface area (Å²) in [4.78, 5) is 16.8. The van der Waals surface area contributed by atoms with Crippen LogP contribution in [0.2, 0.25) is 0 Å². The number of carbonyl (C=O) groups excluding carboxylic acids is 1. The molecule has 4 rings (SSSR count). The molecule has 0 radical (unpaired) electrons. The van der Waals surface area contributed by atoms with Gasteiger partial charge in [-0.25, -0.2) is 4.52 Å². The normalized spacial score (nSPS) is 12.8. The number of hydrogen-bond acceptors (Lipinski definition) is 5. The van der Waals surface area contributed by atoms with Crippen molar-refractivity contribution >= 4 is 17.5 Å². The second-order valence-electron chi connectivity index (χ2n) is 7.27. The van der Waals surface area contributed by atoms with Crippen LogP contribution in [-0.2, 0) is 6.54 Å². The summed E-state index contributed by atoms with van der Waals surface area (Å²) in [7, 11) is 0. The third-order valence-electron chi connectivity index (χ3n) is 4.96. The zero-order valence-corrected chi connectivity index (χ0v) is 17.0. The van der Waals surface area contributed by atoms with E-state index in [2.05, 4.69) is 15.2 Å². The van der Waals surface area contributed by atoms with Gasteiger partial charge < -0.3 is 11.1 Å². The Morgan fingerprint density at radius 3 is 2.62 bits per heavy atom. The Kier molecular flexibility index (Phi) is 5.56. The van der Waals surface area contributed by atoms with Crippen molar-refractivity contribution in [3.05, 3.63) is 66.1 Å². The number of carbonyl (C=O) groups is 1. The number of rotatable bonds is 6. The van der Waals surface area contributed by atoms with E-state index in [9.17, 15) is 18.0 Å². The highest BCUT2D eigenvalue weighted by molar-refractivity contribution is 6.01. The van der Waals surface area contributed by atoms with Gasteiger partial charge in [-0.05, 0) is 18.1 Å². The number of nitrogens with zero attached hydrogens (tertiary/aromatic N) is 5. The van der Waals surface area contributed by atoms with Crippen LogP contribution in [0.1, 0.15) is 29.3 Å². The second kappa shape index (κ2) is 8.33. The smallest absolute Gasteiger partial charge is 0.366 e. The van der Waals surface area contributed by atoms with Crippen LogP contribution in [-0.4, -0.2) is 42.5 Å². The van der Waals surface area contributed by atoms with Crippen molar-refractivity contribution in [1.82, 2.24) is 29.7 Å². The van der Waals surface area contributed by atoms with E-state index < -0.39 is 18.1 Å². The third kappa shape index (κ3) is 4.41. The average molecular weight is 443 g/mol. The number of hydrogen-bond donors (Lipinski definition) is 2. The van der Waals surface area contributed by atoms with Crippen molar-refractivity contribution in [2.24, 2.45) is 0 Å². The van der Waals surface area contributed by atoms with Gasteiger partial charge in [0.2, 0.25) is 5.95 Å². The number of pyridine rings is 1. The molecular weight excluding hydrogens is 423 g/mol. The first kappa shape index (κ1) is 21.3. The van der Waals surface area contributed by atoms with Crippen molar-refractivity contribution in [3.8, 4) is 11.1 Å². The molecule has 3 N–H and O–H groups in total. The molecule has 0 saturated heterocycles. The van der Waals surface area contributed by atoms with Gasteiger partial charge in [-0.15, -0.1) is 5.10 Å². The van der Waals surface area contributed by atoms with Gasteiger partial charge in [0.05, 0.1) is 18.3 Å². The molecule has 0 aliphatic heterocycles. The summed E-state index contributed by atoms with van der Waals surface area (Å²) in [6, 6.07) is 9.21. The number of aromatic nitrogens is 5. The van der Waals surface area contributed by atoms with E-state index >= 15 is 0 Å². The maximum absolute atomic E-state index is 13.2. The lowest BCUT2D eigenvalue weighted by Crippen LogP contribution is -2.45. The summed E-state index contributed by atoms with van der Waals surface area (Å²) in [5.41, 5.74) is 7.92. The number of benzene rings is 1. The Morgan fingerprint density at radius 1 is 1.19 bits per heavy atom. The minimum atomic E-state index is -4.57. The molecule has 11 heteroatoms. The van der Waals surface area contributed by atoms with Crippen LogP contribution < -0.4 is 11.1 Å². The molecule has 1 aromatic carbocycles. The van der Waals surface area contributed by atoms with Crippen LogP contribution in [0.15, 0.2) is 55.0 Å². The summed E-state index contributed by atoms with van der Waals surface area (Å²) < 4.78 is 42.5. The zero-order valence-electron chi connectivity index (χ0n) is 17.0. The van der Waals surface area contributed by atoms with E-state index in [1.54, 1.807) is 23.3 Å². The largest absolute Gasteiger partial charge is 0.408 e. The average Bonchev–Trinajstić information content (AvgIpc) is 3.36. The van der Waals surface area contributed by atoms with Crippen molar-refractivity contribution in [2.75, 3.05) is 5.73 Å². The van der Waals surface area contributed by atoms with Crippen molar-refractivity contribution in [2.45, 2.75) is 32.1 Å². The molecule has 1 atom stereocenters. The minimum absolute atomic E-state index is 0.0646. The summed E-state index contributed by atoms with van der Waals surface area (Å²) in [5, 5.41) is 10.4. The molecule has 8 nitrogen and oxygen atoms in total. The molecule has 32 heavy (non-hydrogen) atoms. The monoisotopic (exact) mass is 443 g/mol. The first-order chi connectivity index (χ1) is 15.2. The van der Waals surface area contributed by atoms with Gasteiger partial charge in [-0.2, -0.15) is 23.3 Å². The predicted octanol–water partition coefficient (Wildman–Crippen LogP) is 3.29. The lowest BCUT2D eigenvalue weighted by atomic mass is 10.1. The fourth-order valence-electron chi connectivity index (χ4n) is 3.35. The second-order valence-corrected chi connectivity index (χ2v) is 7.27. The van der Waals surface area contributed by atoms with Crippen molar-refractivity contribution in [3.63, 3.8) is 0 Å². The lowest BCUT2D eigenvalue weighted by Gasteiger charge is -2.20. The van der Waals surface area contributed by atoms with Crippen LogP contribution in [0.25, 0.3) is 16.8 Å². The molecule has 1 unspecified atom stereocenters. The molecule has 166 valence electrons. The van der Waals surface area contributed by atoms with Gasteiger partial charge in [0.1, 0.15) is 6.04 Å². The number of nitrogens with two attached hydrogens (primary N) is 1. The molecule has 0 aliphatic carbocycles. The number of anilines is 1. The van der Waals surface area contributed by atoms with Gasteiger partial charge in [0.15, 0.2) is 5.65 Å². The van der Waals surface area contributed by atoms with E-state index in [1.165, 1.54) is 17.5 Å². The van der Waals surface area contributed by atoms with Gasteiger partial charge >= 0.3 is 6.18 Å². The fraction of sp³-hybridized carbons (Fsp3) is 0.238. The molecule has 4 aromatic rings. The number of alkyl halides is 3. The van der Waals surface area contributed by atoms with E-state index in [0.29, 0.717) is 17.7 Å². The Bertz CT molecular complexity index is 1250. The van der Waals surface area contributed by atoms with Crippen LogP contribution in [0.5, 0.6) is 0 Å². The van der Waals surface area contributed by atoms with Gasteiger partial charge in [-0.1, -0.05) is 37.3 Å². The Balaban J connectivity index is 1.69. The molecule has 0 aliphatic rings. The Morgan fingerprint density at radius 2 is 1.94 bits per heavy atom. The maximum atomic E-state index is 13.2. The highest BCUT2D eigenvalue weighted by Gasteiger charge is 2.39. The summed E-state index contributed by atoms with van der Waals surface area (Å²) in [5.74, 6) is -1.01. The molecule has 3 aromatic heterocycles. The summed E-state index contributed by atoms with van der Waals surface area (Å²) >= 11 is 0. The van der Waals surface area contributed by atoms with Gasteiger partial charge in [0, 0.05) is 23.5 Å². The van der Waals surface area contributed by atoms with Crippen LogP contribution >= 0.6 is 0 Å². The first-order valence-electron chi connectivity index (χ1n) is 9.85. The lowest BCUT2D eigenvalue weighted by molar-refractivity contribution is -0.153. The Hall–Kier alpha value is -3.89. The predicted molar refractivity (Wildman–Crippen MR) is 112 cm³/mol. The number of amides is 1. The third-order valence-corrected chi connectivity index (χ3v) is 4.96. The van der Waals surface area contributed by atoms with E-state index in [-0.39, 0.29) is 23.6 Å². The van der Waals surface area contributed by atoms with Crippen LogP contribution in [0.3, 0.4) is 0 Å². The molecule has 0 fully saturated rings. The number of nitrogen functional groups attached to an aromatic ring is 1. The SMILES string of the molecule is CCC(NC(=O)c1cc(-c2cnn(Cc3ccccc3)c2)cn2nc(N)nc12)C(F)(F)F. The molecule has 0 spiro atoms. The maximum Gasteiger partial charge on any atom is 0.408 e. The quantitative estimate of drug-likeness (QED) is 0.476. The molecular formula is C21H20F3N7O. The highest BCUT2D eigenvalue weighted by atomic mass is 19.4. The number of fused-ring (bicyclic) bond motifs is 1. The van der Waals surface area contributed by atoms with Crippen LogP contribution in [0, 0.1) is 0 Å². The molecule has 0 bridgehead atoms. The Labute approximate surface area is 180 Å². The molecule has 3 heterocycles. The molecule has 0 saturated carbocycles. The number of nitrogens with one attached hydrogen (secondary N) is 1. The summed E-state index contributed by atoms with van der Waals surface area (Å²) in [6.45, 7) is 1.89. The topological polar surface area (TPSA) is 103 Å². The van der Waals surface area contributed by atoms with Crippen LogP contribution in [0.4, 0.5) is 19.1 Å². The minimum Gasteiger partial charge on any atom is -0.366 e. The van der Waals surface area contributed by atoms with Crippen molar-refractivity contribution < 1.29 is 18.0 Å². The van der Waals surface area contributed by atoms with Gasteiger partial charge in [0.25, 0.3) is 5.91 Å².